The Kier molecular flexibility index (Phi) is 4.26. The van der Waals surface area contributed by atoms with Gasteiger partial charge in [-0.1, -0.05) is 0 Å². The Morgan fingerprint density at radius 3 is 2.29 bits per heavy atom. The molecule has 0 unspecified atom stereocenters. The summed E-state index contributed by atoms with van der Waals surface area (Å²) >= 11 is 5.71. The van der Waals surface area contributed by atoms with E-state index >= 15 is 0 Å². The van der Waals surface area contributed by atoms with Crippen molar-refractivity contribution in [2.45, 2.75) is 24.8 Å². The molecule has 7 heteroatoms. The van der Waals surface area contributed by atoms with Crippen molar-refractivity contribution in [1.82, 2.24) is 0 Å². The molecule has 1 saturated carbocycles. The number of carbonyl (C=O) groups is 1. The molecule has 0 N–H and O–H groups in total. The lowest BCUT2D eigenvalue weighted by Gasteiger charge is -2.43. The van der Waals surface area contributed by atoms with Crippen LogP contribution in [-0.4, -0.2) is 23.7 Å². The molecule has 28 heavy (non-hydrogen) atoms. The lowest BCUT2D eigenvalue weighted by Crippen LogP contribution is -2.55. The highest BCUT2D eigenvalue weighted by atomic mass is 32.1. The first-order valence-electron chi connectivity index (χ1n) is 8.83. The molecule has 2 fully saturated rings. The summed E-state index contributed by atoms with van der Waals surface area (Å²) in [5.41, 5.74) is 1.63. The number of amides is 1. The number of nitriles is 2. The van der Waals surface area contributed by atoms with Crippen LogP contribution in [0.15, 0.2) is 42.5 Å². The number of hydrogen-bond donors (Lipinski definition) is 0. The number of thiocarbonyl (C=S) groups is 1. The van der Waals surface area contributed by atoms with Gasteiger partial charge in [-0.3, -0.25) is 9.69 Å². The Morgan fingerprint density at radius 2 is 1.75 bits per heavy atom. The molecule has 138 valence electrons. The summed E-state index contributed by atoms with van der Waals surface area (Å²) in [5.74, 6) is 0.329. The predicted molar refractivity (Wildman–Crippen MR) is 108 cm³/mol. The van der Waals surface area contributed by atoms with Gasteiger partial charge in [0, 0.05) is 11.8 Å². The first-order chi connectivity index (χ1) is 13.6. The molecule has 0 radical (unpaired) electrons. The van der Waals surface area contributed by atoms with Gasteiger partial charge in [-0.2, -0.15) is 10.5 Å². The highest BCUT2D eigenvalue weighted by Gasteiger charge is 2.59. The van der Waals surface area contributed by atoms with Crippen LogP contribution < -0.4 is 14.5 Å². The van der Waals surface area contributed by atoms with Crippen LogP contribution in [0.5, 0.6) is 5.75 Å². The summed E-state index contributed by atoms with van der Waals surface area (Å²) in [6.07, 6.45) is 2.39. The average Bonchev–Trinajstić information content (AvgIpc) is 2.94. The molecule has 0 atom stereocenters. The maximum Gasteiger partial charge on any atom is 0.259 e. The number of nitrogens with zero attached hydrogens (tertiary/aromatic N) is 4. The molecule has 1 aliphatic heterocycles. The number of benzene rings is 2. The maximum absolute atomic E-state index is 13.4. The van der Waals surface area contributed by atoms with E-state index in [4.69, 9.17) is 22.2 Å². The number of rotatable bonds is 3. The summed E-state index contributed by atoms with van der Waals surface area (Å²) in [6, 6.07) is 16.3. The van der Waals surface area contributed by atoms with Crippen LogP contribution in [0.3, 0.4) is 0 Å². The standard InChI is InChI=1S/C21H16N4O2S/c1-27-18-11-17(8-5-15(18)13-23)24-19(26)21(9-2-10-21)25(20(24)28)16-6-3-14(12-22)4-7-16/h3-8,11H,2,9-10H2,1H3. The van der Waals surface area contributed by atoms with E-state index in [0.717, 1.165) is 24.9 Å². The van der Waals surface area contributed by atoms with Crippen LogP contribution in [0, 0.1) is 22.7 Å². The number of carbonyl (C=O) groups excluding carboxylic acids is 1. The number of ether oxygens (including phenoxy) is 1. The molecule has 1 heterocycles. The van der Waals surface area contributed by atoms with E-state index in [-0.39, 0.29) is 5.91 Å². The van der Waals surface area contributed by atoms with Gasteiger partial charge in [0.25, 0.3) is 5.91 Å². The molecule has 0 aromatic heterocycles. The van der Waals surface area contributed by atoms with Crippen molar-refractivity contribution >= 4 is 34.6 Å². The molecule has 1 amide bonds. The van der Waals surface area contributed by atoms with Gasteiger partial charge in [0.05, 0.1) is 30.0 Å². The third-order valence-corrected chi connectivity index (χ3v) is 5.78. The molecule has 2 aromatic rings. The molecule has 1 saturated heterocycles. The molecular formula is C21H16N4O2S. The average molecular weight is 388 g/mol. The number of anilines is 2. The lowest BCUT2D eigenvalue weighted by molar-refractivity contribution is -0.123. The van der Waals surface area contributed by atoms with Gasteiger partial charge in [0.2, 0.25) is 0 Å². The van der Waals surface area contributed by atoms with Crippen molar-refractivity contribution in [2.24, 2.45) is 0 Å². The second kappa shape index (κ2) is 6.63. The van der Waals surface area contributed by atoms with E-state index in [1.54, 1.807) is 30.3 Å². The Hall–Kier alpha value is -3.42. The second-order valence-electron chi connectivity index (χ2n) is 6.80. The van der Waals surface area contributed by atoms with Crippen LogP contribution in [0.1, 0.15) is 30.4 Å². The fraction of sp³-hybridized carbons (Fsp3) is 0.238. The third kappa shape index (κ3) is 2.45. The van der Waals surface area contributed by atoms with Crippen LogP contribution in [-0.2, 0) is 4.79 Å². The molecule has 2 aromatic carbocycles. The van der Waals surface area contributed by atoms with Gasteiger partial charge >= 0.3 is 0 Å². The Bertz CT molecular complexity index is 1060. The quantitative estimate of drug-likeness (QED) is 0.749. The third-order valence-electron chi connectivity index (χ3n) is 5.41. The fourth-order valence-electron chi connectivity index (χ4n) is 3.80. The van der Waals surface area contributed by atoms with Crippen molar-refractivity contribution < 1.29 is 9.53 Å². The highest BCUT2D eigenvalue weighted by Crippen LogP contribution is 2.48. The monoisotopic (exact) mass is 388 g/mol. The van der Waals surface area contributed by atoms with Crippen LogP contribution in [0.25, 0.3) is 0 Å². The van der Waals surface area contributed by atoms with E-state index in [1.165, 1.54) is 12.0 Å². The molecule has 6 nitrogen and oxygen atoms in total. The van der Waals surface area contributed by atoms with E-state index < -0.39 is 5.54 Å². The van der Waals surface area contributed by atoms with Gasteiger partial charge in [-0.05, 0) is 67.9 Å². The first kappa shape index (κ1) is 18.0. The Balaban J connectivity index is 1.79. The molecule has 0 bridgehead atoms. The predicted octanol–water partition coefficient (Wildman–Crippen LogP) is 3.50. The zero-order chi connectivity index (χ0) is 19.9. The SMILES string of the molecule is COc1cc(N2C(=O)C3(CCC3)N(c3ccc(C#N)cc3)C2=S)ccc1C#N. The van der Waals surface area contributed by atoms with Crippen molar-refractivity contribution in [3.8, 4) is 17.9 Å². The Morgan fingerprint density at radius 1 is 1.07 bits per heavy atom. The first-order valence-corrected chi connectivity index (χ1v) is 9.23. The Labute approximate surface area is 168 Å². The minimum atomic E-state index is -0.688. The van der Waals surface area contributed by atoms with Crippen LogP contribution in [0.2, 0.25) is 0 Å². The van der Waals surface area contributed by atoms with Gasteiger partial charge in [0.1, 0.15) is 17.4 Å². The summed E-state index contributed by atoms with van der Waals surface area (Å²) in [5, 5.41) is 18.6. The van der Waals surface area contributed by atoms with Gasteiger partial charge in [-0.25, -0.2) is 0 Å². The topological polar surface area (TPSA) is 80.4 Å². The molecular weight excluding hydrogens is 372 g/mol. The van der Waals surface area contributed by atoms with Gasteiger partial charge < -0.3 is 9.64 Å². The van der Waals surface area contributed by atoms with Crippen LogP contribution in [0.4, 0.5) is 11.4 Å². The maximum atomic E-state index is 13.4. The fourth-order valence-corrected chi connectivity index (χ4v) is 4.27. The summed E-state index contributed by atoms with van der Waals surface area (Å²) in [7, 11) is 1.49. The smallest absolute Gasteiger partial charge is 0.259 e. The molecule has 2 aliphatic rings. The summed E-state index contributed by atoms with van der Waals surface area (Å²) in [4.78, 5) is 16.8. The lowest BCUT2D eigenvalue weighted by atomic mass is 9.75. The molecule has 4 rings (SSSR count). The normalized spacial score (nSPS) is 17.2. The highest BCUT2D eigenvalue weighted by molar-refractivity contribution is 7.81. The summed E-state index contributed by atoms with van der Waals surface area (Å²) in [6.45, 7) is 0. The van der Waals surface area contributed by atoms with Crippen molar-refractivity contribution in [3.63, 3.8) is 0 Å². The minimum absolute atomic E-state index is 0.0696. The summed E-state index contributed by atoms with van der Waals surface area (Å²) < 4.78 is 5.29. The van der Waals surface area contributed by atoms with Crippen LogP contribution >= 0.6 is 12.2 Å². The zero-order valence-corrected chi connectivity index (χ0v) is 16.0. The minimum Gasteiger partial charge on any atom is -0.495 e. The number of hydrogen-bond acceptors (Lipinski definition) is 5. The van der Waals surface area contributed by atoms with E-state index in [9.17, 15) is 10.1 Å². The zero-order valence-electron chi connectivity index (χ0n) is 15.2. The van der Waals surface area contributed by atoms with Gasteiger partial charge in [-0.15, -0.1) is 0 Å². The number of methoxy groups -OCH3 is 1. The molecule has 1 spiro atoms. The molecule has 1 aliphatic carbocycles. The van der Waals surface area contributed by atoms with Crippen molar-refractivity contribution in [2.75, 3.05) is 16.9 Å². The van der Waals surface area contributed by atoms with Gasteiger partial charge in [0.15, 0.2) is 5.11 Å². The largest absolute Gasteiger partial charge is 0.495 e. The van der Waals surface area contributed by atoms with E-state index in [0.29, 0.717) is 27.7 Å². The van der Waals surface area contributed by atoms with Crippen molar-refractivity contribution in [3.05, 3.63) is 53.6 Å². The second-order valence-corrected chi connectivity index (χ2v) is 7.16. The van der Waals surface area contributed by atoms with Crippen molar-refractivity contribution in [1.29, 1.82) is 10.5 Å². The van der Waals surface area contributed by atoms with E-state index in [2.05, 4.69) is 12.1 Å². The van der Waals surface area contributed by atoms with E-state index in [1.807, 2.05) is 17.0 Å².